The summed E-state index contributed by atoms with van der Waals surface area (Å²) in [6.45, 7) is 4.16. The summed E-state index contributed by atoms with van der Waals surface area (Å²) in [7, 11) is -3.59. The molecule has 0 radical (unpaired) electrons. The third-order valence-electron chi connectivity index (χ3n) is 8.25. The van der Waals surface area contributed by atoms with Crippen LogP contribution in [0.3, 0.4) is 0 Å². The molecule has 0 bridgehead atoms. The van der Waals surface area contributed by atoms with Crippen LogP contribution < -0.4 is 9.62 Å². The summed E-state index contributed by atoms with van der Waals surface area (Å²) in [5.41, 5.74) is 4.19. The van der Waals surface area contributed by atoms with Gasteiger partial charge in [0.25, 0.3) is 0 Å². The summed E-state index contributed by atoms with van der Waals surface area (Å²) in [5, 5.41) is 3.81. The second-order valence-corrected chi connectivity index (χ2v) is 14.3. The Morgan fingerprint density at radius 3 is 2.32 bits per heavy atom. The molecule has 0 spiro atoms. The van der Waals surface area contributed by atoms with Gasteiger partial charge >= 0.3 is 0 Å². The lowest BCUT2D eigenvalue weighted by atomic mass is 9.94. The minimum Gasteiger partial charge on any atom is -0.352 e. The smallest absolute Gasteiger partial charge is 0.243 e. The highest BCUT2D eigenvalue weighted by atomic mass is 35.5. The molecule has 0 unspecified atom stereocenters. The highest BCUT2D eigenvalue weighted by molar-refractivity contribution is 7.92. The lowest BCUT2D eigenvalue weighted by Gasteiger charge is -2.34. The number of hydrogen-bond donors (Lipinski definition) is 1. The van der Waals surface area contributed by atoms with Gasteiger partial charge in [0.1, 0.15) is 6.04 Å². The highest BCUT2D eigenvalue weighted by Gasteiger charge is 2.32. The van der Waals surface area contributed by atoms with E-state index in [9.17, 15) is 18.0 Å². The van der Waals surface area contributed by atoms with Crippen LogP contribution in [0, 0.1) is 13.8 Å². The lowest BCUT2D eigenvalue weighted by Crippen LogP contribution is -2.52. The topological polar surface area (TPSA) is 86.8 Å². The lowest BCUT2D eigenvalue weighted by molar-refractivity contribution is -0.141. The Morgan fingerprint density at radius 2 is 1.64 bits per heavy atom. The standard InChI is InChI=1S/C35H44ClN3O4S/c1-26-19-20-27(2)32(22-26)39(44(3,42)43)21-11-18-34(40)38(25-29-14-10-15-30(36)23-29)33(24-28-12-6-4-7-13-28)35(41)37-31-16-8-5-9-17-31/h4,6-7,10,12-15,19-20,22-23,31,33H,5,8-9,11,16-18,21,24-25H2,1-3H3,(H,37,41)/t33-/m0/s1. The van der Waals surface area contributed by atoms with Gasteiger partial charge in [-0.25, -0.2) is 8.42 Å². The van der Waals surface area contributed by atoms with E-state index in [0.29, 0.717) is 23.6 Å². The van der Waals surface area contributed by atoms with Gasteiger partial charge < -0.3 is 10.2 Å². The van der Waals surface area contributed by atoms with Gasteiger partial charge in [0, 0.05) is 37.0 Å². The molecule has 1 aliphatic rings. The Morgan fingerprint density at radius 1 is 0.932 bits per heavy atom. The van der Waals surface area contributed by atoms with Crippen molar-refractivity contribution in [1.82, 2.24) is 10.2 Å². The third kappa shape index (κ3) is 9.57. The third-order valence-corrected chi connectivity index (χ3v) is 9.67. The molecule has 1 atom stereocenters. The van der Waals surface area contributed by atoms with Crippen LogP contribution in [0.25, 0.3) is 0 Å². The molecule has 44 heavy (non-hydrogen) atoms. The van der Waals surface area contributed by atoms with Crippen LogP contribution >= 0.6 is 11.6 Å². The summed E-state index contributed by atoms with van der Waals surface area (Å²) < 4.78 is 27.0. The maximum Gasteiger partial charge on any atom is 0.243 e. The molecule has 9 heteroatoms. The molecular formula is C35H44ClN3O4S. The average molecular weight is 638 g/mol. The zero-order valence-corrected chi connectivity index (χ0v) is 27.5. The molecule has 2 amide bonds. The number of sulfonamides is 1. The molecule has 1 N–H and O–H groups in total. The number of benzene rings is 3. The van der Waals surface area contributed by atoms with E-state index in [1.807, 2.05) is 80.6 Å². The van der Waals surface area contributed by atoms with E-state index in [-0.39, 0.29) is 37.4 Å². The number of carbonyl (C=O) groups is 2. The second-order valence-electron chi connectivity index (χ2n) is 11.9. The van der Waals surface area contributed by atoms with Crippen LogP contribution in [0.1, 0.15) is 67.2 Å². The number of anilines is 1. The number of nitrogens with one attached hydrogen (secondary N) is 1. The number of amides is 2. The predicted molar refractivity (Wildman–Crippen MR) is 178 cm³/mol. The van der Waals surface area contributed by atoms with Crippen LogP contribution in [0.4, 0.5) is 5.69 Å². The SMILES string of the molecule is Cc1ccc(C)c(N(CCCC(=O)N(Cc2cccc(Cl)c2)[C@@H](Cc2ccccc2)C(=O)NC2CCCCC2)S(C)(=O)=O)c1. The molecule has 4 rings (SSSR count). The minimum atomic E-state index is -3.59. The molecule has 3 aromatic rings. The van der Waals surface area contributed by atoms with Crippen molar-refractivity contribution < 1.29 is 18.0 Å². The fourth-order valence-corrected chi connectivity index (χ4v) is 7.13. The molecule has 236 valence electrons. The van der Waals surface area contributed by atoms with Crippen LogP contribution in [-0.2, 0) is 32.6 Å². The summed E-state index contributed by atoms with van der Waals surface area (Å²) in [6.07, 6.45) is 7.14. The van der Waals surface area contributed by atoms with Crippen LogP contribution in [-0.4, -0.2) is 50.0 Å². The Balaban J connectivity index is 1.60. The van der Waals surface area contributed by atoms with E-state index >= 15 is 0 Å². The first-order valence-corrected chi connectivity index (χ1v) is 17.7. The number of hydrogen-bond acceptors (Lipinski definition) is 4. The summed E-state index contributed by atoms with van der Waals surface area (Å²) in [5.74, 6) is -0.372. The summed E-state index contributed by atoms with van der Waals surface area (Å²) in [4.78, 5) is 29.7. The average Bonchev–Trinajstić information content (AvgIpc) is 2.99. The Kier molecular flexibility index (Phi) is 11.9. The molecule has 0 aliphatic heterocycles. The molecule has 0 heterocycles. The van der Waals surface area contributed by atoms with E-state index in [2.05, 4.69) is 5.32 Å². The van der Waals surface area contributed by atoms with E-state index in [1.165, 1.54) is 17.0 Å². The molecule has 1 saturated carbocycles. The first kappa shape index (κ1) is 33.5. The van der Waals surface area contributed by atoms with Gasteiger partial charge in [-0.2, -0.15) is 0 Å². The Labute approximate surface area is 267 Å². The van der Waals surface area contributed by atoms with E-state index in [0.717, 1.165) is 47.9 Å². The molecule has 1 fully saturated rings. The van der Waals surface area contributed by atoms with Crippen molar-refractivity contribution in [2.45, 2.75) is 83.8 Å². The van der Waals surface area contributed by atoms with Gasteiger partial charge in [-0.15, -0.1) is 0 Å². The minimum absolute atomic E-state index is 0.0828. The van der Waals surface area contributed by atoms with E-state index in [4.69, 9.17) is 11.6 Å². The molecule has 3 aromatic carbocycles. The number of carbonyl (C=O) groups excluding carboxylic acids is 2. The fraction of sp³-hybridized carbons (Fsp3) is 0.429. The van der Waals surface area contributed by atoms with Gasteiger partial charge in [-0.05, 0) is 73.6 Å². The van der Waals surface area contributed by atoms with Crippen LogP contribution in [0.2, 0.25) is 5.02 Å². The number of rotatable bonds is 13. The first-order chi connectivity index (χ1) is 21.0. The summed E-state index contributed by atoms with van der Waals surface area (Å²) in [6, 6.07) is 22.1. The van der Waals surface area contributed by atoms with Gasteiger partial charge in [-0.3, -0.25) is 13.9 Å². The van der Waals surface area contributed by atoms with Crippen molar-refractivity contribution in [1.29, 1.82) is 0 Å². The van der Waals surface area contributed by atoms with Crippen molar-refractivity contribution >= 4 is 39.1 Å². The molecule has 0 aromatic heterocycles. The highest BCUT2D eigenvalue weighted by Crippen LogP contribution is 2.25. The molecular weight excluding hydrogens is 594 g/mol. The summed E-state index contributed by atoms with van der Waals surface area (Å²) >= 11 is 6.31. The van der Waals surface area contributed by atoms with Crippen molar-refractivity contribution in [3.63, 3.8) is 0 Å². The number of nitrogens with zero attached hydrogens (tertiary/aromatic N) is 2. The van der Waals surface area contributed by atoms with Crippen molar-refractivity contribution in [2.24, 2.45) is 0 Å². The Bertz CT molecular complexity index is 1520. The molecule has 7 nitrogen and oxygen atoms in total. The molecule has 0 saturated heterocycles. The maximum absolute atomic E-state index is 14.1. The first-order valence-electron chi connectivity index (χ1n) is 15.4. The van der Waals surface area contributed by atoms with Crippen LogP contribution in [0.15, 0.2) is 72.8 Å². The Hall–Kier alpha value is -3.36. The van der Waals surface area contributed by atoms with Crippen LogP contribution in [0.5, 0.6) is 0 Å². The zero-order chi connectivity index (χ0) is 31.7. The van der Waals surface area contributed by atoms with Gasteiger partial charge in [0.2, 0.25) is 21.8 Å². The van der Waals surface area contributed by atoms with Crippen molar-refractivity contribution in [3.05, 3.63) is 100 Å². The largest absolute Gasteiger partial charge is 0.352 e. The normalized spacial score (nSPS) is 14.5. The fourth-order valence-electron chi connectivity index (χ4n) is 5.90. The van der Waals surface area contributed by atoms with Crippen molar-refractivity contribution in [3.8, 4) is 0 Å². The predicted octanol–water partition coefficient (Wildman–Crippen LogP) is 6.59. The maximum atomic E-state index is 14.1. The number of aryl methyl sites for hydroxylation is 2. The van der Waals surface area contributed by atoms with Gasteiger partial charge in [0.15, 0.2) is 0 Å². The second kappa shape index (κ2) is 15.6. The van der Waals surface area contributed by atoms with Crippen molar-refractivity contribution in [2.75, 3.05) is 17.1 Å². The monoisotopic (exact) mass is 637 g/mol. The quantitative estimate of drug-likeness (QED) is 0.229. The van der Waals surface area contributed by atoms with Gasteiger partial charge in [0.05, 0.1) is 11.9 Å². The van der Waals surface area contributed by atoms with Gasteiger partial charge in [-0.1, -0.05) is 85.5 Å². The zero-order valence-electron chi connectivity index (χ0n) is 26.0. The van der Waals surface area contributed by atoms with E-state index < -0.39 is 16.1 Å². The number of halogens is 1. The molecule has 1 aliphatic carbocycles. The van der Waals surface area contributed by atoms with E-state index in [1.54, 1.807) is 11.0 Å².